The second kappa shape index (κ2) is 13.9. The molecule has 0 heterocycles. The summed E-state index contributed by atoms with van der Waals surface area (Å²) in [5, 5.41) is 16.9. The second-order valence-electron chi connectivity index (χ2n) is 6.84. The number of ether oxygens (including phenoxy) is 1. The molecule has 9 heteroatoms. The van der Waals surface area contributed by atoms with Crippen LogP contribution in [0.3, 0.4) is 0 Å². The van der Waals surface area contributed by atoms with E-state index in [0.717, 1.165) is 5.56 Å². The first-order valence-electron chi connectivity index (χ1n) is 10.3. The number of anilines is 1. The summed E-state index contributed by atoms with van der Waals surface area (Å²) in [5.41, 5.74) is 1.85. The van der Waals surface area contributed by atoms with E-state index in [0.29, 0.717) is 30.6 Å². The summed E-state index contributed by atoms with van der Waals surface area (Å²) in [6.45, 7) is 0.574. The molecule has 0 spiro atoms. The Morgan fingerprint density at radius 3 is 2.44 bits per heavy atom. The molecule has 0 saturated carbocycles. The number of aliphatic hydroxyl groups is 1. The quantitative estimate of drug-likeness (QED) is 0.232. The van der Waals surface area contributed by atoms with Crippen molar-refractivity contribution in [1.82, 2.24) is 10.6 Å². The number of thiocarbonyl (C=S) groups is 1. The third-order valence-electron chi connectivity index (χ3n) is 4.35. The van der Waals surface area contributed by atoms with Crippen LogP contribution in [0.1, 0.15) is 35.2 Å². The number of benzene rings is 2. The van der Waals surface area contributed by atoms with Gasteiger partial charge in [-0.15, -0.1) is 0 Å². The van der Waals surface area contributed by atoms with Crippen LogP contribution in [0.15, 0.2) is 54.6 Å². The SMILES string of the molecule is O=C(CCC(=O)OCCc1ccccc1)NC(=S)Nc1ccccc1C(=O)NCCCO. The number of hydrogen-bond donors (Lipinski definition) is 4. The highest BCUT2D eigenvalue weighted by atomic mass is 32.1. The van der Waals surface area contributed by atoms with Crippen molar-refractivity contribution < 1.29 is 24.2 Å². The van der Waals surface area contributed by atoms with Crippen LogP contribution in [-0.2, 0) is 20.7 Å². The topological polar surface area (TPSA) is 117 Å². The van der Waals surface area contributed by atoms with Crippen LogP contribution in [-0.4, -0.2) is 47.8 Å². The first-order valence-corrected chi connectivity index (χ1v) is 10.7. The Kier molecular flexibility index (Phi) is 10.8. The van der Waals surface area contributed by atoms with Gasteiger partial charge in [0.2, 0.25) is 5.91 Å². The molecule has 0 atom stereocenters. The van der Waals surface area contributed by atoms with Gasteiger partial charge in [0, 0.05) is 26.0 Å². The number of amides is 2. The van der Waals surface area contributed by atoms with Crippen LogP contribution in [0.4, 0.5) is 5.69 Å². The molecule has 0 aliphatic heterocycles. The summed E-state index contributed by atoms with van der Waals surface area (Å²) >= 11 is 5.14. The Balaban J connectivity index is 1.73. The molecule has 2 aromatic carbocycles. The van der Waals surface area contributed by atoms with Gasteiger partial charge in [0.15, 0.2) is 5.11 Å². The number of carbonyl (C=O) groups excluding carboxylic acids is 3. The minimum atomic E-state index is -0.458. The normalized spacial score (nSPS) is 10.2. The predicted octanol–water partition coefficient (Wildman–Crippen LogP) is 2.18. The lowest BCUT2D eigenvalue weighted by molar-refractivity contribution is -0.144. The van der Waals surface area contributed by atoms with Gasteiger partial charge in [-0.05, 0) is 36.3 Å². The van der Waals surface area contributed by atoms with Gasteiger partial charge in [0.1, 0.15) is 0 Å². The van der Waals surface area contributed by atoms with E-state index in [2.05, 4.69) is 16.0 Å². The molecule has 0 unspecified atom stereocenters. The minimum absolute atomic E-state index is 0.0167. The van der Waals surface area contributed by atoms with Crippen LogP contribution >= 0.6 is 12.2 Å². The molecule has 0 saturated heterocycles. The lowest BCUT2D eigenvalue weighted by Crippen LogP contribution is -2.35. The van der Waals surface area contributed by atoms with Gasteiger partial charge >= 0.3 is 5.97 Å². The lowest BCUT2D eigenvalue weighted by atomic mass is 10.1. The number of para-hydroxylation sites is 1. The van der Waals surface area contributed by atoms with Crippen LogP contribution in [0.5, 0.6) is 0 Å². The number of nitrogens with one attached hydrogen (secondary N) is 3. The average molecular weight is 458 g/mol. The minimum Gasteiger partial charge on any atom is -0.465 e. The largest absolute Gasteiger partial charge is 0.465 e. The summed E-state index contributed by atoms with van der Waals surface area (Å²) in [5.74, 6) is -1.22. The molecule has 32 heavy (non-hydrogen) atoms. The van der Waals surface area contributed by atoms with Crippen LogP contribution in [0.25, 0.3) is 0 Å². The Bertz CT molecular complexity index is 921. The number of rotatable bonds is 11. The zero-order chi connectivity index (χ0) is 23.2. The molecule has 170 valence electrons. The standard InChI is InChI=1S/C23H27N3O5S/c27-15-6-14-24-22(30)18-9-4-5-10-19(18)25-23(32)26-20(28)11-12-21(29)31-16-13-17-7-2-1-3-8-17/h1-5,7-10,27H,6,11-16H2,(H,24,30)(H2,25,26,28,32). The predicted molar refractivity (Wildman–Crippen MR) is 125 cm³/mol. The van der Waals surface area contributed by atoms with Crippen molar-refractivity contribution in [1.29, 1.82) is 0 Å². The Labute approximate surface area is 192 Å². The van der Waals surface area contributed by atoms with E-state index in [9.17, 15) is 14.4 Å². The van der Waals surface area contributed by atoms with E-state index in [1.807, 2.05) is 30.3 Å². The van der Waals surface area contributed by atoms with Gasteiger partial charge < -0.3 is 25.8 Å². The number of carbonyl (C=O) groups is 3. The van der Waals surface area contributed by atoms with E-state index in [4.69, 9.17) is 22.1 Å². The zero-order valence-electron chi connectivity index (χ0n) is 17.6. The van der Waals surface area contributed by atoms with Crippen molar-refractivity contribution in [3.05, 3.63) is 65.7 Å². The highest BCUT2D eigenvalue weighted by Crippen LogP contribution is 2.15. The van der Waals surface area contributed by atoms with Crippen molar-refractivity contribution in [2.45, 2.75) is 25.7 Å². The highest BCUT2D eigenvalue weighted by Gasteiger charge is 2.13. The van der Waals surface area contributed by atoms with Crippen LogP contribution in [0.2, 0.25) is 0 Å². The third kappa shape index (κ3) is 9.23. The number of hydrogen-bond acceptors (Lipinski definition) is 6. The third-order valence-corrected chi connectivity index (χ3v) is 4.55. The van der Waals surface area contributed by atoms with Gasteiger partial charge in [-0.25, -0.2) is 0 Å². The lowest BCUT2D eigenvalue weighted by Gasteiger charge is -2.13. The van der Waals surface area contributed by atoms with Crippen LogP contribution < -0.4 is 16.0 Å². The molecule has 0 radical (unpaired) electrons. The molecule has 0 aromatic heterocycles. The van der Waals surface area contributed by atoms with Gasteiger partial charge in [-0.2, -0.15) is 0 Å². The smallest absolute Gasteiger partial charge is 0.306 e. The maximum absolute atomic E-state index is 12.3. The van der Waals surface area contributed by atoms with Gasteiger partial charge in [0.05, 0.1) is 24.3 Å². The monoisotopic (exact) mass is 457 g/mol. The van der Waals surface area contributed by atoms with Crippen molar-refractivity contribution in [2.75, 3.05) is 25.1 Å². The Hall–Kier alpha value is -3.30. The maximum atomic E-state index is 12.3. The summed E-state index contributed by atoms with van der Waals surface area (Å²) in [4.78, 5) is 36.2. The summed E-state index contributed by atoms with van der Waals surface area (Å²) in [6.07, 6.45) is 0.923. The zero-order valence-corrected chi connectivity index (χ0v) is 18.5. The van der Waals surface area contributed by atoms with E-state index >= 15 is 0 Å². The highest BCUT2D eigenvalue weighted by molar-refractivity contribution is 7.80. The molecular weight excluding hydrogens is 430 g/mol. The van der Waals surface area contributed by atoms with Crippen molar-refractivity contribution in [2.24, 2.45) is 0 Å². The molecule has 2 aromatic rings. The van der Waals surface area contributed by atoms with E-state index in [1.165, 1.54) is 0 Å². The first kappa shape index (κ1) is 25.0. The average Bonchev–Trinajstić information content (AvgIpc) is 2.79. The molecule has 4 N–H and O–H groups in total. The maximum Gasteiger partial charge on any atom is 0.306 e. The van der Waals surface area contributed by atoms with Crippen molar-refractivity contribution in [3.8, 4) is 0 Å². The Morgan fingerprint density at radius 1 is 0.969 bits per heavy atom. The van der Waals surface area contributed by atoms with Crippen molar-refractivity contribution >= 4 is 40.8 Å². The summed E-state index contributed by atoms with van der Waals surface area (Å²) in [7, 11) is 0. The summed E-state index contributed by atoms with van der Waals surface area (Å²) < 4.78 is 5.15. The molecule has 2 amide bonds. The number of aliphatic hydroxyl groups excluding tert-OH is 1. The molecule has 2 rings (SSSR count). The second-order valence-corrected chi connectivity index (χ2v) is 7.25. The molecule has 0 aliphatic rings. The molecule has 0 aliphatic carbocycles. The van der Waals surface area contributed by atoms with Crippen LogP contribution in [0, 0.1) is 0 Å². The van der Waals surface area contributed by atoms with Gasteiger partial charge in [-0.3, -0.25) is 14.4 Å². The molecule has 0 bridgehead atoms. The van der Waals surface area contributed by atoms with E-state index < -0.39 is 11.9 Å². The molecule has 0 fully saturated rings. The van der Waals surface area contributed by atoms with E-state index in [-0.39, 0.29) is 37.1 Å². The fourth-order valence-corrected chi connectivity index (χ4v) is 2.95. The van der Waals surface area contributed by atoms with Gasteiger partial charge in [-0.1, -0.05) is 42.5 Å². The van der Waals surface area contributed by atoms with Gasteiger partial charge in [0.25, 0.3) is 5.91 Å². The fourth-order valence-electron chi connectivity index (χ4n) is 2.72. The number of esters is 1. The Morgan fingerprint density at radius 2 is 1.69 bits per heavy atom. The fraction of sp³-hybridized carbons (Fsp3) is 0.304. The molecular formula is C23H27N3O5S. The van der Waals surface area contributed by atoms with Crippen molar-refractivity contribution in [3.63, 3.8) is 0 Å². The van der Waals surface area contributed by atoms with E-state index in [1.54, 1.807) is 24.3 Å². The first-order chi connectivity index (χ1) is 15.5. The summed E-state index contributed by atoms with van der Waals surface area (Å²) in [6, 6.07) is 16.4. The molecule has 8 nitrogen and oxygen atoms in total.